The number of amides is 2. The SMILES string of the molecule is CN(CCO)C(=O)Cn1cc(NC(=O)C2CCC2)nn1. The molecule has 2 N–H and O–H groups in total. The molecule has 0 spiro atoms. The number of likely N-dealkylation sites (N-methyl/N-ethyl adjacent to an activating group) is 1. The second kappa shape index (κ2) is 6.47. The van der Waals surface area contributed by atoms with Gasteiger partial charge in [-0.1, -0.05) is 11.6 Å². The summed E-state index contributed by atoms with van der Waals surface area (Å²) in [6.45, 7) is 0.226. The Labute approximate surface area is 116 Å². The van der Waals surface area contributed by atoms with E-state index in [-0.39, 0.29) is 37.4 Å². The molecule has 20 heavy (non-hydrogen) atoms. The summed E-state index contributed by atoms with van der Waals surface area (Å²) in [5.74, 6) is 0.227. The van der Waals surface area contributed by atoms with Crippen LogP contribution in [0.5, 0.6) is 0 Å². The van der Waals surface area contributed by atoms with Crippen LogP contribution in [0.3, 0.4) is 0 Å². The van der Waals surface area contributed by atoms with E-state index in [1.807, 2.05) is 0 Å². The van der Waals surface area contributed by atoms with Crippen molar-refractivity contribution in [1.82, 2.24) is 19.9 Å². The van der Waals surface area contributed by atoms with E-state index in [1.165, 1.54) is 15.8 Å². The molecule has 1 aliphatic carbocycles. The largest absolute Gasteiger partial charge is 0.395 e. The summed E-state index contributed by atoms with van der Waals surface area (Å²) in [5.41, 5.74) is 0. The quantitative estimate of drug-likeness (QED) is 0.730. The number of nitrogens with zero attached hydrogens (tertiary/aromatic N) is 4. The van der Waals surface area contributed by atoms with Gasteiger partial charge in [0.15, 0.2) is 5.82 Å². The Morgan fingerprint density at radius 2 is 2.30 bits per heavy atom. The molecule has 8 nitrogen and oxygen atoms in total. The van der Waals surface area contributed by atoms with Gasteiger partial charge < -0.3 is 15.3 Å². The normalized spacial score (nSPS) is 14.7. The fourth-order valence-electron chi connectivity index (χ4n) is 1.87. The van der Waals surface area contributed by atoms with Gasteiger partial charge in [0.2, 0.25) is 11.8 Å². The molecule has 0 radical (unpaired) electrons. The standard InChI is InChI=1S/C12H19N5O3/c1-16(5-6-18)11(19)8-17-7-10(14-15-17)13-12(20)9-3-2-4-9/h7,9,18H,2-6,8H2,1H3,(H,13,20). The van der Waals surface area contributed by atoms with Crippen molar-refractivity contribution in [2.45, 2.75) is 25.8 Å². The first-order valence-corrected chi connectivity index (χ1v) is 6.66. The van der Waals surface area contributed by atoms with Crippen LogP contribution in [0.4, 0.5) is 5.82 Å². The molecule has 1 saturated carbocycles. The molecule has 0 unspecified atom stereocenters. The molecule has 0 bridgehead atoms. The number of aliphatic hydroxyl groups excluding tert-OH is 1. The van der Waals surface area contributed by atoms with E-state index in [2.05, 4.69) is 15.6 Å². The number of anilines is 1. The van der Waals surface area contributed by atoms with Crippen LogP contribution in [0.15, 0.2) is 6.20 Å². The zero-order valence-electron chi connectivity index (χ0n) is 11.4. The van der Waals surface area contributed by atoms with Crippen LogP contribution < -0.4 is 5.32 Å². The van der Waals surface area contributed by atoms with E-state index in [1.54, 1.807) is 7.05 Å². The molecule has 1 aromatic heterocycles. The first kappa shape index (κ1) is 14.4. The van der Waals surface area contributed by atoms with Gasteiger partial charge in [-0.3, -0.25) is 9.59 Å². The fraction of sp³-hybridized carbons (Fsp3) is 0.667. The maximum Gasteiger partial charge on any atom is 0.244 e. The van der Waals surface area contributed by atoms with Gasteiger partial charge in [0.05, 0.1) is 12.8 Å². The van der Waals surface area contributed by atoms with Crippen LogP contribution in [0, 0.1) is 5.92 Å². The van der Waals surface area contributed by atoms with Gasteiger partial charge in [0.1, 0.15) is 6.54 Å². The highest BCUT2D eigenvalue weighted by Crippen LogP contribution is 2.27. The van der Waals surface area contributed by atoms with Crippen LogP contribution >= 0.6 is 0 Å². The topological polar surface area (TPSA) is 100 Å². The number of aromatic nitrogens is 3. The van der Waals surface area contributed by atoms with E-state index in [0.29, 0.717) is 5.82 Å². The average molecular weight is 281 g/mol. The van der Waals surface area contributed by atoms with Gasteiger partial charge in [0, 0.05) is 19.5 Å². The number of carbonyl (C=O) groups excluding carboxylic acids is 2. The van der Waals surface area contributed by atoms with Crippen LogP contribution in [-0.2, 0) is 16.1 Å². The van der Waals surface area contributed by atoms with Crippen molar-refractivity contribution in [2.24, 2.45) is 5.92 Å². The van der Waals surface area contributed by atoms with Gasteiger partial charge in [-0.25, -0.2) is 4.68 Å². The molecule has 1 aliphatic rings. The molecule has 0 aliphatic heterocycles. The van der Waals surface area contributed by atoms with E-state index in [4.69, 9.17) is 5.11 Å². The summed E-state index contributed by atoms with van der Waals surface area (Å²) in [6.07, 6.45) is 4.46. The smallest absolute Gasteiger partial charge is 0.244 e. The van der Waals surface area contributed by atoms with Crippen molar-refractivity contribution >= 4 is 17.6 Å². The van der Waals surface area contributed by atoms with Crippen molar-refractivity contribution in [1.29, 1.82) is 0 Å². The molecule has 0 saturated heterocycles. The lowest BCUT2D eigenvalue weighted by molar-refractivity contribution is -0.131. The lowest BCUT2D eigenvalue weighted by Gasteiger charge is -2.23. The Morgan fingerprint density at radius 3 is 2.90 bits per heavy atom. The molecule has 2 amide bonds. The zero-order valence-corrected chi connectivity index (χ0v) is 11.4. The molecule has 2 rings (SSSR count). The highest BCUT2D eigenvalue weighted by Gasteiger charge is 2.25. The first-order valence-electron chi connectivity index (χ1n) is 6.66. The first-order chi connectivity index (χ1) is 9.60. The summed E-state index contributed by atoms with van der Waals surface area (Å²) in [4.78, 5) is 24.9. The molecule has 1 aromatic rings. The predicted molar refractivity (Wildman–Crippen MR) is 70.7 cm³/mol. The molecule has 0 aromatic carbocycles. The number of nitrogens with one attached hydrogen (secondary N) is 1. The third kappa shape index (κ3) is 3.53. The third-order valence-corrected chi connectivity index (χ3v) is 3.42. The van der Waals surface area contributed by atoms with Crippen molar-refractivity contribution in [3.8, 4) is 0 Å². The Kier molecular flexibility index (Phi) is 4.67. The van der Waals surface area contributed by atoms with Gasteiger partial charge in [-0.2, -0.15) is 0 Å². The summed E-state index contributed by atoms with van der Waals surface area (Å²) in [5, 5.41) is 19.1. The maximum atomic E-state index is 11.7. The van der Waals surface area contributed by atoms with Gasteiger partial charge in [-0.05, 0) is 12.8 Å². The summed E-state index contributed by atoms with van der Waals surface area (Å²) >= 11 is 0. The number of carbonyl (C=O) groups is 2. The minimum absolute atomic E-state index is 0.0306. The van der Waals surface area contributed by atoms with Crippen LogP contribution in [0.1, 0.15) is 19.3 Å². The lowest BCUT2D eigenvalue weighted by Crippen LogP contribution is -2.32. The molecule has 1 fully saturated rings. The average Bonchev–Trinajstić information content (AvgIpc) is 2.74. The second-order valence-corrected chi connectivity index (χ2v) is 4.96. The van der Waals surface area contributed by atoms with Crippen LogP contribution in [0.25, 0.3) is 0 Å². The third-order valence-electron chi connectivity index (χ3n) is 3.42. The van der Waals surface area contributed by atoms with E-state index in [0.717, 1.165) is 19.3 Å². The minimum atomic E-state index is -0.180. The Morgan fingerprint density at radius 1 is 1.55 bits per heavy atom. The number of hydrogen-bond acceptors (Lipinski definition) is 5. The number of rotatable bonds is 6. The van der Waals surface area contributed by atoms with Crippen molar-refractivity contribution in [2.75, 3.05) is 25.5 Å². The molecular formula is C12H19N5O3. The maximum absolute atomic E-state index is 11.7. The van der Waals surface area contributed by atoms with E-state index in [9.17, 15) is 9.59 Å². The highest BCUT2D eigenvalue weighted by molar-refractivity contribution is 5.92. The summed E-state index contributed by atoms with van der Waals surface area (Å²) in [6, 6.07) is 0. The highest BCUT2D eigenvalue weighted by atomic mass is 16.3. The summed E-state index contributed by atoms with van der Waals surface area (Å²) in [7, 11) is 1.61. The van der Waals surface area contributed by atoms with Gasteiger partial charge in [-0.15, -0.1) is 5.10 Å². The van der Waals surface area contributed by atoms with Crippen molar-refractivity contribution in [3.05, 3.63) is 6.20 Å². The summed E-state index contributed by atoms with van der Waals surface area (Å²) < 4.78 is 1.37. The predicted octanol–water partition coefficient (Wildman–Crippen LogP) is -0.533. The molecule has 0 atom stereocenters. The van der Waals surface area contributed by atoms with Crippen molar-refractivity contribution in [3.63, 3.8) is 0 Å². The monoisotopic (exact) mass is 281 g/mol. The minimum Gasteiger partial charge on any atom is -0.395 e. The van der Waals surface area contributed by atoms with E-state index < -0.39 is 0 Å². The molecular weight excluding hydrogens is 262 g/mol. The Hall–Kier alpha value is -1.96. The number of hydrogen-bond donors (Lipinski definition) is 2. The van der Waals surface area contributed by atoms with Gasteiger partial charge >= 0.3 is 0 Å². The number of aliphatic hydroxyl groups is 1. The van der Waals surface area contributed by atoms with E-state index >= 15 is 0 Å². The Balaban J connectivity index is 1.85. The molecule has 1 heterocycles. The molecule has 110 valence electrons. The van der Waals surface area contributed by atoms with Crippen LogP contribution in [0.2, 0.25) is 0 Å². The van der Waals surface area contributed by atoms with Crippen molar-refractivity contribution < 1.29 is 14.7 Å². The Bertz CT molecular complexity index is 483. The zero-order chi connectivity index (χ0) is 14.5. The van der Waals surface area contributed by atoms with Crippen LogP contribution in [-0.4, -0.2) is 57.0 Å². The second-order valence-electron chi connectivity index (χ2n) is 4.96. The fourth-order valence-corrected chi connectivity index (χ4v) is 1.87. The molecule has 8 heteroatoms. The lowest BCUT2D eigenvalue weighted by atomic mass is 9.85. The van der Waals surface area contributed by atoms with Gasteiger partial charge in [0.25, 0.3) is 0 Å².